The van der Waals surface area contributed by atoms with Crippen LogP contribution in [-0.4, -0.2) is 25.0 Å². The number of likely N-dealkylation sites (N-methyl/N-ethyl adjacent to an activating group) is 1. The fourth-order valence-corrected chi connectivity index (χ4v) is 1.87. The minimum Gasteiger partial charge on any atom is -0.306 e. The Balaban J connectivity index is 2.11. The second-order valence-corrected chi connectivity index (χ2v) is 3.58. The highest BCUT2D eigenvalue weighted by Crippen LogP contribution is 2.25. The summed E-state index contributed by atoms with van der Waals surface area (Å²) in [6.07, 6.45) is 1.30. The normalized spacial score (nSPS) is 24.6. The van der Waals surface area contributed by atoms with Gasteiger partial charge in [0.1, 0.15) is 0 Å². The van der Waals surface area contributed by atoms with Crippen molar-refractivity contribution >= 4 is 0 Å². The van der Waals surface area contributed by atoms with Crippen LogP contribution in [0.5, 0.6) is 0 Å². The maximum atomic E-state index is 3.13. The molecule has 1 aromatic rings. The van der Waals surface area contributed by atoms with Gasteiger partial charge in [0.2, 0.25) is 0 Å². The molecule has 0 aromatic heterocycles. The number of likely N-dealkylation sites (tertiary alicyclic amines) is 1. The molecular formula is C11H14N. The van der Waals surface area contributed by atoms with Crippen LogP contribution in [0.1, 0.15) is 17.9 Å². The zero-order valence-electron chi connectivity index (χ0n) is 7.46. The quantitative estimate of drug-likeness (QED) is 0.606. The van der Waals surface area contributed by atoms with E-state index >= 15 is 0 Å². The first kappa shape index (κ1) is 7.81. The van der Waals surface area contributed by atoms with Gasteiger partial charge in [-0.15, -0.1) is 0 Å². The molecule has 12 heavy (non-hydrogen) atoms. The molecule has 0 amide bonds. The van der Waals surface area contributed by atoms with E-state index in [1.807, 2.05) is 6.07 Å². The zero-order chi connectivity index (χ0) is 8.39. The van der Waals surface area contributed by atoms with Crippen LogP contribution < -0.4 is 0 Å². The Morgan fingerprint density at radius 3 is 3.08 bits per heavy atom. The molecule has 1 fully saturated rings. The molecule has 1 saturated heterocycles. The molecule has 0 saturated carbocycles. The van der Waals surface area contributed by atoms with Gasteiger partial charge in [-0.2, -0.15) is 0 Å². The van der Waals surface area contributed by atoms with E-state index in [-0.39, 0.29) is 0 Å². The van der Waals surface area contributed by atoms with E-state index in [0.29, 0.717) is 0 Å². The second kappa shape index (κ2) is 3.28. The largest absolute Gasteiger partial charge is 0.306 e. The summed E-state index contributed by atoms with van der Waals surface area (Å²) in [4.78, 5) is 2.39. The molecule has 1 radical (unpaired) electrons. The maximum Gasteiger partial charge on any atom is 0.00477 e. The van der Waals surface area contributed by atoms with Gasteiger partial charge in [0.05, 0.1) is 0 Å². The van der Waals surface area contributed by atoms with Crippen molar-refractivity contribution in [2.45, 2.75) is 12.3 Å². The van der Waals surface area contributed by atoms with E-state index in [4.69, 9.17) is 0 Å². The van der Waals surface area contributed by atoms with Crippen molar-refractivity contribution in [1.82, 2.24) is 4.90 Å². The van der Waals surface area contributed by atoms with E-state index in [0.717, 1.165) is 5.92 Å². The lowest BCUT2D eigenvalue weighted by atomic mass is 9.99. The van der Waals surface area contributed by atoms with E-state index < -0.39 is 0 Å². The summed E-state index contributed by atoms with van der Waals surface area (Å²) >= 11 is 0. The average Bonchev–Trinajstić information content (AvgIpc) is 2.54. The van der Waals surface area contributed by atoms with Gasteiger partial charge in [-0.1, -0.05) is 24.3 Å². The van der Waals surface area contributed by atoms with Gasteiger partial charge in [-0.25, -0.2) is 0 Å². The Morgan fingerprint density at radius 2 is 2.50 bits per heavy atom. The average molecular weight is 160 g/mol. The molecule has 0 spiro atoms. The van der Waals surface area contributed by atoms with E-state index in [1.165, 1.54) is 25.1 Å². The van der Waals surface area contributed by atoms with Crippen molar-refractivity contribution in [3.8, 4) is 0 Å². The lowest BCUT2D eigenvalue weighted by Gasteiger charge is -2.09. The maximum absolute atomic E-state index is 3.13. The topological polar surface area (TPSA) is 3.24 Å². The second-order valence-electron chi connectivity index (χ2n) is 3.58. The molecule has 1 nitrogen and oxygen atoms in total. The van der Waals surface area contributed by atoms with Crippen molar-refractivity contribution < 1.29 is 0 Å². The van der Waals surface area contributed by atoms with Gasteiger partial charge in [0.15, 0.2) is 0 Å². The molecule has 1 heteroatoms. The van der Waals surface area contributed by atoms with Crippen LogP contribution in [0.4, 0.5) is 0 Å². The number of benzene rings is 1. The molecule has 0 N–H and O–H groups in total. The predicted molar refractivity (Wildman–Crippen MR) is 50.1 cm³/mol. The molecule has 1 unspecified atom stereocenters. The lowest BCUT2D eigenvalue weighted by molar-refractivity contribution is 0.411. The predicted octanol–water partition coefficient (Wildman–Crippen LogP) is 1.91. The molecule has 1 aliphatic heterocycles. The van der Waals surface area contributed by atoms with Crippen molar-refractivity contribution in [3.63, 3.8) is 0 Å². The first-order valence-electron chi connectivity index (χ1n) is 4.51. The van der Waals surface area contributed by atoms with Gasteiger partial charge in [-0.3, -0.25) is 0 Å². The minimum absolute atomic E-state index is 0.743. The molecule has 63 valence electrons. The van der Waals surface area contributed by atoms with Crippen LogP contribution in [-0.2, 0) is 0 Å². The fraction of sp³-hybridized carbons (Fsp3) is 0.455. The van der Waals surface area contributed by atoms with Gasteiger partial charge in [0, 0.05) is 6.54 Å². The fourth-order valence-electron chi connectivity index (χ4n) is 1.87. The van der Waals surface area contributed by atoms with Gasteiger partial charge in [-0.05, 0) is 37.6 Å². The third-order valence-electron chi connectivity index (χ3n) is 2.59. The molecule has 1 aliphatic rings. The van der Waals surface area contributed by atoms with Crippen LogP contribution >= 0.6 is 0 Å². The summed E-state index contributed by atoms with van der Waals surface area (Å²) in [6, 6.07) is 11.5. The SMILES string of the molecule is CN1CCC(c2c[c]ccc2)C1. The van der Waals surface area contributed by atoms with E-state index in [9.17, 15) is 0 Å². The summed E-state index contributed by atoms with van der Waals surface area (Å²) in [7, 11) is 2.19. The van der Waals surface area contributed by atoms with Crippen LogP contribution in [0.2, 0.25) is 0 Å². The Kier molecular flexibility index (Phi) is 2.13. The van der Waals surface area contributed by atoms with Gasteiger partial charge in [0.25, 0.3) is 0 Å². The van der Waals surface area contributed by atoms with Crippen LogP contribution in [0.15, 0.2) is 24.3 Å². The highest BCUT2D eigenvalue weighted by atomic mass is 15.1. The Bertz CT molecular complexity index is 242. The molecule has 1 atom stereocenters. The third-order valence-corrected chi connectivity index (χ3v) is 2.59. The standard InChI is InChI=1S/C11H14N/c1-12-8-7-11(9-12)10-5-3-2-4-6-10/h2-3,5-6,11H,7-9H2,1H3. The number of nitrogens with zero attached hydrogens (tertiary/aromatic N) is 1. The Morgan fingerprint density at radius 1 is 1.58 bits per heavy atom. The molecule has 1 aromatic carbocycles. The van der Waals surface area contributed by atoms with Gasteiger partial charge < -0.3 is 4.90 Å². The molecule has 2 rings (SSSR count). The minimum atomic E-state index is 0.743. The van der Waals surface area contributed by atoms with Crippen molar-refractivity contribution in [1.29, 1.82) is 0 Å². The molecular weight excluding hydrogens is 146 g/mol. The zero-order valence-corrected chi connectivity index (χ0v) is 7.46. The smallest absolute Gasteiger partial charge is 0.00477 e. The molecule has 1 heterocycles. The first-order valence-corrected chi connectivity index (χ1v) is 4.51. The summed E-state index contributed by atoms with van der Waals surface area (Å²) in [6.45, 7) is 2.44. The van der Waals surface area contributed by atoms with Crippen molar-refractivity contribution in [3.05, 3.63) is 35.9 Å². The monoisotopic (exact) mass is 160 g/mol. The van der Waals surface area contributed by atoms with Crippen LogP contribution in [0.3, 0.4) is 0 Å². The van der Waals surface area contributed by atoms with E-state index in [1.54, 1.807) is 0 Å². The summed E-state index contributed by atoms with van der Waals surface area (Å²) in [5, 5.41) is 0. The van der Waals surface area contributed by atoms with Crippen molar-refractivity contribution in [2.24, 2.45) is 0 Å². The summed E-state index contributed by atoms with van der Waals surface area (Å²) in [5.74, 6) is 0.743. The number of rotatable bonds is 1. The summed E-state index contributed by atoms with van der Waals surface area (Å²) in [5.41, 5.74) is 1.45. The Labute approximate surface area is 74.0 Å². The highest BCUT2D eigenvalue weighted by molar-refractivity contribution is 5.20. The first-order chi connectivity index (χ1) is 5.86. The van der Waals surface area contributed by atoms with E-state index in [2.05, 4.69) is 36.2 Å². The van der Waals surface area contributed by atoms with Gasteiger partial charge >= 0.3 is 0 Å². The highest BCUT2D eigenvalue weighted by Gasteiger charge is 2.20. The lowest BCUT2D eigenvalue weighted by Crippen LogP contribution is -2.13. The number of hydrogen-bond acceptors (Lipinski definition) is 1. The Hall–Kier alpha value is -0.820. The molecule has 0 bridgehead atoms. The van der Waals surface area contributed by atoms with Crippen LogP contribution in [0.25, 0.3) is 0 Å². The van der Waals surface area contributed by atoms with Crippen LogP contribution in [0, 0.1) is 6.07 Å². The molecule has 0 aliphatic carbocycles. The summed E-state index contributed by atoms with van der Waals surface area (Å²) < 4.78 is 0. The number of hydrogen-bond donors (Lipinski definition) is 0. The third kappa shape index (κ3) is 1.51. The van der Waals surface area contributed by atoms with Crippen molar-refractivity contribution in [2.75, 3.05) is 20.1 Å².